The van der Waals surface area contributed by atoms with Gasteiger partial charge < -0.3 is 15.2 Å². The molecule has 1 aromatic carbocycles. The molecule has 0 spiro atoms. The van der Waals surface area contributed by atoms with Gasteiger partial charge in [-0.25, -0.2) is 4.98 Å². The highest BCUT2D eigenvalue weighted by Crippen LogP contribution is 2.36. The summed E-state index contributed by atoms with van der Waals surface area (Å²) >= 11 is 4.87. The van der Waals surface area contributed by atoms with E-state index in [1.54, 1.807) is 13.2 Å². The minimum Gasteiger partial charge on any atom is -0.355 e. The second-order valence-corrected chi connectivity index (χ2v) is 10.8. The number of aromatic nitrogens is 3. The predicted molar refractivity (Wildman–Crippen MR) is 137 cm³/mol. The number of amides is 2. The normalized spacial score (nSPS) is 18.1. The zero-order valence-corrected chi connectivity index (χ0v) is 21.0. The molecule has 0 bridgehead atoms. The fourth-order valence-corrected chi connectivity index (χ4v) is 5.89. The van der Waals surface area contributed by atoms with Crippen LogP contribution in [0, 0.1) is 0 Å². The maximum atomic E-state index is 12.6. The fourth-order valence-electron chi connectivity index (χ4n) is 4.60. The van der Waals surface area contributed by atoms with Crippen molar-refractivity contribution < 1.29 is 9.59 Å². The lowest BCUT2D eigenvalue weighted by Crippen LogP contribution is -2.37. The van der Waals surface area contributed by atoms with E-state index in [-0.39, 0.29) is 23.9 Å². The van der Waals surface area contributed by atoms with Gasteiger partial charge in [-0.05, 0) is 84.1 Å². The second-order valence-electron chi connectivity index (χ2n) is 8.39. The molecule has 0 radical (unpaired) electrons. The minimum atomic E-state index is -0.134. The summed E-state index contributed by atoms with van der Waals surface area (Å²) in [4.78, 5) is 34.9. The molecule has 1 aliphatic carbocycles. The molecule has 4 aromatic rings. The quantitative estimate of drug-likeness (QED) is 0.366. The van der Waals surface area contributed by atoms with Crippen molar-refractivity contribution in [2.45, 2.75) is 37.8 Å². The van der Waals surface area contributed by atoms with Crippen LogP contribution in [-0.4, -0.2) is 39.4 Å². The summed E-state index contributed by atoms with van der Waals surface area (Å²) in [5.41, 5.74) is 3.16. The Hall–Kier alpha value is -3.04. The van der Waals surface area contributed by atoms with E-state index in [1.807, 2.05) is 48.5 Å². The van der Waals surface area contributed by atoms with Gasteiger partial charge in [0.1, 0.15) is 5.69 Å². The summed E-state index contributed by atoms with van der Waals surface area (Å²) in [6, 6.07) is 15.6. The number of thiophene rings is 1. The Morgan fingerprint density at radius 2 is 1.88 bits per heavy atom. The topological polar surface area (TPSA) is 88.9 Å². The molecule has 174 valence electrons. The number of hydrogen-bond acceptors (Lipinski definition) is 5. The van der Waals surface area contributed by atoms with Gasteiger partial charge in [0.2, 0.25) is 0 Å². The fraction of sp³-hybridized carbons (Fsp3) is 0.280. The number of pyridine rings is 1. The van der Waals surface area contributed by atoms with E-state index in [0.29, 0.717) is 5.56 Å². The van der Waals surface area contributed by atoms with Gasteiger partial charge in [0, 0.05) is 30.9 Å². The Balaban J connectivity index is 1.41. The Bertz CT molecular complexity index is 1340. The summed E-state index contributed by atoms with van der Waals surface area (Å²) in [5, 5.41) is 5.87. The van der Waals surface area contributed by atoms with E-state index in [9.17, 15) is 9.59 Å². The first-order valence-corrected chi connectivity index (χ1v) is 12.9. The van der Waals surface area contributed by atoms with Crippen molar-refractivity contribution >= 4 is 50.1 Å². The maximum Gasteiger partial charge on any atom is 0.261 e. The van der Waals surface area contributed by atoms with Crippen molar-refractivity contribution in [2.75, 3.05) is 7.05 Å². The number of hydrogen-bond donors (Lipinski definition) is 2. The monoisotopic (exact) mass is 537 g/mol. The molecule has 9 heteroatoms. The number of carbonyl (C=O) groups excluding carboxylic acids is 2. The van der Waals surface area contributed by atoms with E-state index in [0.717, 1.165) is 56.9 Å². The van der Waals surface area contributed by atoms with Gasteiger partial charge in [0.15, 0.2) is 5.82 Å². The van der Waals surface area contributed by atoms with Crippen molar-refractivity contribution in [3.05, 3.63) is 69.0 Å². The molecule has 34 heavy (non-hydrogen) atoms. The molecule has 7 nitrogen and oxygen atoms in total. The third-order valence-electron chi connectivity index (χ3n) is 6.27. The van der Waals surface area contributed by atoms with Gasteiger partial charge in [-0.3, -0.25) is 14.6 Å². The molecular formula is C25H24BrN5O2S. The molecule has 1 saturated carbocycles. The zero-order valence-electron chi connectivity index (χ0n) is 18.6. The first-order valence-electron chi connectivity index (χ1n) is 11.2. The van der Waals surface area contributed by atoms with Crippen LogP contribution in [0.2, 0.25) is 0 Å². The van der Waals surface area contributed by atoms with Crippen molar-refractivity contribution in [3.63, 3.8) is 0 Å². The minimum absolute atomic E-state index is 0.0110. The number of benzene rings is 1. The van der Waals surface area contributed by atoms with Crippen LogP contribution in [0.5, 0.6) is 0 Å². The molecule has 3 aromatic heterocycles. The second kappa shape index (κ2) is 9.68. The van der Waals surface area contributed by atoms with Gasteiger partial charge in [-0.1, -0.05) is 6.07 Å². The van der Waals surface area contributed by atoms with Gasteiger partial charge >= 0.3 is 0 Å². The van der Waals surface area contributed by atoms with E-state index in [4.69, 9.17) is 4.98 Å². The molecule has 3 heterocycles. The SMILES string of the molecule is CNC(=O)c1ccc2c(c1)nc(-c1ccccn1)n2C1CCC(NC(=O)c2ccc(Br)s2)CC1. The van der Waals surface area contributed by atoms with Crippen LogP contribution >= 0.6 is 27.3 Å². The zero-order chi connectivity index (χ0) is 23.7. The lowest BCUT2D eigenvalue weighted by atomic mass is 9.90. The standard InChI is InChI=1S/C25H24BrN5O2S/c1-27-24(32)15-5-10-20-19(14-15)30-23(18-4-2-3-13-28-18)31(20)17-8-6-16(7-9-17)29-25(33)21-11-12-22(26)34-21/h2-5,10-14,16-17H,6-9H2,1H3,(H,27,32)(H,29,33). The number of halogens is 1. The van der Waals surface area contributed by atoms with E-state index in [1.165, 1.54) is 11.3 Å². The molecular weight excluding hydrogens is 514 g/mol. The summed E-state index contributed by atoms with van der Waals surface area (Å²) in [6.45, 7) is 0. The molecule has 0 saturated heterocycles. The van der Waals surface area contributed by atoms with Crippen molar-refractivity contribution in [1.29, 1.82) is 0 Å². The predicted octanol–water partition coefficient (Wildman–Crippen LogP) is 5.20. The number of imidazole rings is 1. The summed E-state index contributed by atoms with van der Waals surface area (Å²) in [6.07, 6.45) is 5.38. The van der Waals surface area contributed by atoms with Crippen LogP contribution in [0.1, 0.15) is 51.8 Å². The number of nitrogens with zero attached hydrogens (tertiary/aromatic N) is 3. The van der Waals surface area contributed by atoms with Crippen LogP contribution < -0.4 is 10.6 Å². The van der Waals surface area contributed by atoms with E-state index in [2.05, 4.69) is 36.1 Å². The molecule has 5 rings (SSSR count). The maximum absolute atomic E-state index is 12.6. The van der Waals surface area contributed by atoms with Crippen molar-refractivity contribution in [1.82, 2.24) is 25.2 Å². The van der Waals surface area contributed by atoms with Crippen LogP contribution in [0.25, 0.3) is 22.6 Å². The molecule has 0 atom stereocenters. The Morgan fingerprint density at radius 1 is 1.06 bits per heavy atom. The molecule has 2 amide bonds. The van der Waals surface area contributed by atoms with Crippen LogP contribution in [0.3, 0.4) is 0 Å². The summed E-state index contributed by atoms with van der Waals surface area (Å²) in [5.74, 6) is 0.661. The van der Waals surface area contributed by atoms with Gasteiger partial charge in [0.25, 0.3) is 11.8 Å². The number of nitrogens with one attached hydrogen (secondary N) is 2. The first-order chi connectivity index (χ1) is 16.5. The first kappa shape index (κ1) is 22.7. The number of carbonyl (C=O) groups is 2. The summed E-state index contributed by atoms with van der Waals surface area (Å²) in [7, 11) is 1.62. The molecule has 0 aliphatic heterocycles. The van der Waals surface area contributed by atoms with Gasteiger partial charge in [0.05, 0.1) is 19.7 Å². The van der Waals surface area contributed by atoms with E-state index >= 15 is 0 Å². The number of rotatable bonds is 5. The van der Waals surface area contributed by atoms with Crippen molar-refractivity contribution in [2.24, 2.45) is 0 Å². The molecule has 0 unspecified atom stereocenters. The van der Waals surface area contributed by atoms with Crippen molar-refractivity contribution in [3.8, 4) is 11.5 Å². The van der Waals surface area contributed by atoms with Crippen LogP contribution in [0.4, 0.5) is 0 Å². The van der Waals surface area contributed by atoms with E-state index < -0.39 is 0 Å². The molecule has 1 fully saturated rings. The smallest absolute Gasteiger partial charge is 0.261 e. The van der Waals surface area contributed by atoms with Gasteiger partial charge in [-0.2, -0.15) is 0 Å². The summed E-state index contributed by atoms with van der Waals surface area (Å²) < 4.78 is 3.22. The van der Waals surface area contributed by atoms with Gasteiger partial charge in [-0.15, -0.1) is 11.3 Å². The Kier molecular flexibility index (Phi) is 6.47. The highest BCUT2D eigenvalue weighted by molar-refractivity contribution is 9.11. The average Bonchev–Trinajstić information content (AvgIpc) is 3.48. The third-order valence-corrected chi connectivity index (χ3v) is 7.89. The Morgan fingerprint density at radius 3 is 2.56 bits per heavy atom. The Labute approximate surface area is 209 Å². The van der Waals surface area contributed by atoms with Crippen LogP contribution in [-0.2, 0) is 0 Å². The largest absolute Gasteiger partial charge is 0.355 e. The lowest BCUT2D eigenvalue weighted by molar-refractivity contribution is 0.0925. The lowest BCUT2D eigenvalue weighted by Gasteiger charge is -2.31. The molecule has 1 aliphatic rings. The molecule has 2 N–H and O–H groups in total. The van der Waals surface area contributed by atoms with Crippen LogP contribution in [0.15, 0.2) is 58.5 Å². The number of fused-ring (bicyclic) bond motifs is 1. The highest BCUT2D eigenvalue weighted by Gasteiger charge is 2.28. The highest BCUT2D eigenvalue weighted by atomic mass is 79.9. The average molecular weight is 538 g/mol. The third kappa shape index (κ3) is 4.50.